The van der Waals surface area contributed by atoms with E-state index in [0.717, 1.165) is 10.4 Å². The van der Waals surface area contributed by atoms with Crippen LogP contribution in [0.15, 0.2) is 34.3 Å². The number of furan rings is 1. The van der Waals surface area contributed by atoms with Crippen LogP contribution >= 0.6 is 11.3 Å². The van der Waals surface area contributed by atoms with Gasteiger partial charge in [-0.1, -0.05) is 6.07 Å². The molecule has 2 aromatic heterocycles. The molecule has 0 atom stereocenters. The Morgan fingerprint density at radius 1 is 1.50 bits per heavy atom. The van der Waals surface area contributed by atoms with Crippen LogP contribution in [0.4, 0.5) is 0 Å². The number of carbonyl (C=O) groups is 1. The molecule has 0 aliphatic rings. The maximum Gasteiger partial charge on any atom is 0.301 e. The fourth-order valence-corrected chi connectivity index (χ4v) is 1.93. The molecule has 2 aromatic rings. The zero-order valence-electron chi connectivity index (χ0n) is 7.19. The highest BCUT2D eigenvalue weighted by molar-refractivity contribution is 7.13. The molecule has 0 fully saturated rings. The van der Waals surface area contributed by atoms with Gasteiger partial charge in [-0.05, 0) is 17.5 Å². The van der Waals surface area contributed by atoms with Crippen molar-refractivity contribution in [3.63, 3.8) is 0 Å². The molecule has 2 rings (SSSR count). The Morgan fingerprint density at radius 3 is 3.00 bits per heavy atom. The lowest BCUT2D eigenvalue weighted by atomic mass is 10.2. The molecule has 4 nitrogen and oxygen atoms in total. The summed E-state index contributed by atoms with van der Waals surface area (Å²) in [6, 6.07) is 5.58. The molecular formula is C9H8N2O2S. The van der Waals surface area contributed by atoms with Crippen LogP contribution in [0.3, 0.4) is 0 Å². The molecule has 0 saturated heterocycles. The summed E-state index contributed by atoms with van der Waals surface area (Å²) in [5, 5.41) is 1.94. The van der Waals surface area contributed by atoms with Crippen molar-refractivity contribution in [2.75, 3.05) is 0 Å². The van der Waals surface area contributed by atoms with Crippen LogP contribution in [0.5, 0.6) is 0 Å². The molecule has 0 saturated carbocycles. The number of nitrogens with one attached hydrogen (secondary N) is 1. The van der Waals surface area contributed by atoms with Crippen molar-refractivity contribution in [2.45, 2.75) is 0 Å². The van der Waals surface area contributed by atoms with E-state index in [1.165, 1.54) is 6.26 Å². The summed E-state index contributed by atoms with van der Waals surface area (Å²) in [5.41, 5.74) is 2.81. The van der Waals surface area contributed by atoms with Gasteiger partial charge in [-0.15, -0.1) is 11.3 Å². The van der Waals surface area contributed by atoms with Crippen molar-refractivity contribution in [3.8, 4) is 10.4 Å². The van der Waals surface area contributed by atoms with Crippen LogP contribution in [0.1, 0.15) is 10.6 Å². The van der Waals surface area contributed by atoms with Crippen LogP contribution in [-0.2, 0) is 0 Å². The number of amides is 1. The van der Waals surface area contributed by atoms with E-state index in [-0.39, 0.29) is 5.76 Å². The molecule has 3 N–H and O–H groups in total. The number of hydrogen-bond acceptors (Lipinski definition) is 4. The molecule has 1 amide bonds. The van der Waals surface area contributed by atoms with E-state index in [9.17, 15) is 4.79 Å². The normalized spacial score (nSPS) is 10.1. The van der Waals surface area contributed by atoms with Gasteiger partial charge in [-0.25, -0.2) is 5.84 Å². The van der Waals surface area contributed by atoms with Gasteiger partial charge >= 0.3 is 5.91 Å². The summed E-state index contributed by atoms with van der Waals surface area (Å²) in [6.45, 7) is 0. The summed E-state index contributed by atoms with van der Waals surface area (Å²) < 4.78 is 5.06. The molecule has 0 aliphatic carbocycles. The molecule has 0 bridgehead atoms. The third-order valence-corrected chi connectivity index (χ3v) is 2.69. The van der Waals surface area contributed by atoms with Crippen LogP contribution < -0.4 is 11.3 Å². The largest absolute Gasteiger partial charge is 0.458 e. The van der Waals surface area contributed by atoms with Gasteiger partial charge < -0.3 is 4.42 Å². The summed E-state index contributed by atoms with van der Waals surface area (Å²) >= 11 is 1.54. The summed E-state index contributed by atoms with van der Waals surface area (Å²) in [4.78, 5) is 12.2. The molecular weight excluding hydrogens is 200 g/mol. The van der Waals surface area contributed by atoms with Gasteiger partial charge in [0, 0.05) is 10.4 Å². The van der Waals surface area contributed by atoms with Crippen LogP contribution in [0.2, 0.25) is 0 Å². The fourth-order valence-electron chi connectivity index (χ4n) is 1.18. The minimum atomic E-state index is -0.418. The highest BCUT2D eigenvalue weighted by Crippen LogP contribution is 2.28. The Labute approximate surface area is 84.3 Å². The van der Waals surface area contributed by atoms with Gasteiger partial charge in [0.15, 0.2) is 0 Å². The topological polar surface area (TPSA) is 68.3 Å². The molecule has 0 unspecified atom stereocenters. The number of hydrogen-bond donors (Lipinski definition) is 2. The lowest BCUT2D eigenvalue weighted by Crippen LogP contribution is -2.29. The van der Waals surface area contributed by atoms with E-state index in [1.54, 1.807) is 17.4 Å². The second-order valence-corrected chi connectivity index (χ2v) is 3.56. The smallest absolute Gasteiger partial charge is 0.301 e. The van der Waals surface area contributed by atoms with Crippen LogP contribution in [0.25, 0.3) is 10.4 Å². The second-order valence-electron chi connectivity index (χ2n) is 2.61. The lowest BCUT2D eigenvalue weighted by Gasteiger charge is -1.97. The Balaban J connectivity index is 2.45. The quantitative estimate of drug-likeness (QED) is 0.447. The summed E-state index contributed by atoms with van der Waals surface area (Å²) in [5.74, 6) is 4.86. The van der Waals surface area contributed by atoms with Gasteiger partial charge in [0.05, 0.1) is 6.26 Å². The molecule has 14 heavy (non-hydrogen) atoms. The highest BCUT2D eigenvalue weighted by atomic mass is 32.1. The first-order valence-electron chi connectivity index (χ1n) is 3.95. The van der Waals surface area contributed by atoms with Crippen molar-refractivity contribution in [2.24, 2.45) is 5.84 Å². The number of nitrogens with two attached hydrogens (primary N) is 1. The Morgan fingerprint density at radius 2 is 2.36 bits per heavy atom. The van der Waals surface area contributed by atoms with Crippen molar-refractivity contribution in [1.82, 2.24) is 5.43 Å². The van der Waals surface area contributed by atoms with E-state index < -0.39 is 5.91 Å². The van der Waals surface area contributed by atoms with E-state index in [0.29, 0.717) is 0 Å². The van der Waals surface area contributed by atoms with Gasteiger partial charge in [-0.2, -0.15) is 0 Å². The molecule has 2 heterocycles. The first-order chi connectivity index (χ1) is 6.83. The van der Waals surface area contributed by atoms with Crippen LogP contribution in [0, 0.1) is 0 Å². The number of thiophene rings is 1. The predicted molar refractivity (Wildman–Crippen MR) is 53.7 cm³/mol. The van der Waals surface area contributed by atoms with Gasteiger partial charge in [0.2, 0.25) is 5.76 Å². The molecule has 0 radical (unpaired) electrons. The second kappa shape index (κ2) is 3.65. The minimum absolute atomic E-state index is 0.245. The Hall–Kier alpha value is -1.59. The zero-order valence-corrected chi connectivity index (χ0v) is 8.01. The number of carbonyl (C=O) groups excluding carboxylic acids is 1. The Kier molecular flexibility index (Phi) is 2.34. The minimum Gasteiger partial charge on any atom is -0.458 e. The van der Waals surface area contributed by atoms with E-state index in [1.807, 2.05) is 22.9 Å². The number of rotatable bonds is 2. The average molecular weight is 208 g/mol. The van der Waals surface area contributed by atoms with Gasteiger partial charge in [0.25, 0.3) is 0 Å². The summed E-state index contributed by atoms with van der Waals surface area (Å²) in [6.07, 6.45) is 1.47. The van der Waals surface area contributed by atoms with Gasteiger partial charge in [0.1, 0.15) is 0 Å². The van der Waals surface area contributed by atoms with E-state index in [4.69, 9.17) is 10.3 Å². The third-order valence-electron chi connectivity index (χ3n) is 1.79. The van der Waals surface area contributed by atoms with Gasteiger partial charge in [-0.3, -0.25) is 10.2 Å². The molecule has 0 spiro atoms. The average Bonchev–Trinajstić information content (AvgIpc) is 2.85. The maximum atomic E-state index is 11.3. The zero-order chi connectivity index (χ0) is 9.97. The first-order valence-corrected chi connectivity index (χ1v) is 4.83. The first kappa shape index (κ1) is 8.98. The molecule has 5 heteroatoms. The SMILES string of the molecule is NNC(=O)c1occc1-c1cccs1. The number of nitrogen functional groups attached to an aromatic ring is 1. The Bertz CT molecular complexity index is 433. The maximum absolute atomic E-state index is 11.3. The van der Waals surface area contributed by atoms with Crippen molar-refractivity contribution in [1.29, 1.82) is 0 Å². The molecule has 0 aromatic carbocycles. The lowest BCUT2D eigenvalue weighted by molar-refractivity contribution is 0.0927. The summed E-state index contributed by atoms with van der Waals surface area (Å²) in [7, 11) is 0. The third kappa shape index (κ3) is 1.43. The number of hydrazine groups is 1. The fraction of sp³-hybridized carbons (Fsp3) is 0. The highest BCUT2D eigenvalue weighted by Gasteiger charge is 2.15. The van der Waals surface area contributed by atoms with Crippen molar-refractivity contribution >= 4 is 17.2 Å². The molecule has 72 valence electrons. The predicted octanol–water partition coefficient (Wildman–Crippen LogP) is 1.61. The monoisotopic (exact) mass is 208 g/mol. The van der Waals surface area contributed by atoms with Crippen molar-refractivity contribution < 1.29 is 9.21 Å². The standard InChI is InChI=1S/C9H8N2O2S/c10-11-9(12)8-6(3-4-13-8)7-2-1-5-14-7/h1-5H,10H2,(H,11,12). The van der Waals surface area contributed by atoms with Crippen molar-refractivity contribution in [3.05, 3.63) is 35.6 Å². The van der Waals surface area contributed by atoms with E-state index in [2.05, 4.69) is 0 Å². The van der Waals surface area contributed by atoms with Crippen LogP contribution in [-0.4, -0.2) is 5.91 Å². The van der Waals surface area contributed by atoms with E-state index >= 15 is 0 Å². The molecule has 0 aliphatic heterocycles.